The largest absolute Gasteiger partial charge is 0.490 e. The van der Waals surface area contributed by atoms with E-state index in [4.69, 9.17) is 9.63 Å². The Morgan fingerprint density at radius 2 is 1.88 bits per heavy atom. The van der Waals surface area contributed by atoms with Crippen molar-refractivity contribution in [3.05, 3.63) is 50.7 Å². The summed E-state index contributed by atoms with van der Waals surface area (Å²) in [5.74, 6) is -0.683. The van der Waals surface area contributed by atoms with Crippen molar-refractivity contribution in [1.82, 2.24) is 9.55 Å². The van der Waals surface area contributed by atoms with Gasteiger partial charge in [0, 0.05) is 38.3 Å². The smallest absolute Gasteiger partial charge is 0.426 e. The van der Waals surface area contributed by atoms with Crippen molar-refractivity contribution >= 4 is 29.4 Å². The summed E-state index contributed by atoms with van der Waals surface area (Å²) in [5, 5.41) is 0. The maximum absolute atomic E-state index is 12.0. The van der Waals surface area contributed by atoms with Crippen LogP contribution in [0.1, 0.15) is 19.6 Å². The van der Waals surface area contributed by atoms with Crippen molar-refractivity contribution in [2.24, 2.45) is 0 Å². The number of H-pyrrole nitrogens is 1. The van der Waals surface area contributed by atoms with Gasteiger partial charge in [-0.15, -0.1) is 0 Å². The minimum atomic E-state index is -5.61. The molecule has 0 aromatic carbocycles. The Kier molecular flexibility index (Phi) is 9.30. The Bertz CT molecular complexity index is 1250. The molecule has 1 fully saturated rings. The molecule has 0 spiro atoms. The predicted octanol–water partition coefficient (Wildman–Crippen LogP) is 0.424. The molecule has 1 aliphatic heterocycles. The van der Waals surface area contributed by atoms with Crippen LogP contribution in [0.15, 0.2) is 39.4 Å². The van der Waals surface area contributed by atoms with Crippen LogP contribution in [0.2, 0.25) is 0 Å². The summed E-state index contributed by atoms with van der Waals surface area (Å²) in [6.07, 6.45) is -0.385. The zero-order chi connectivity index (χ0) is 25.7. The standard InChI is InChI=1S/C14H19N2O15P3/c1-9(17)27-6-4-10-7-13(16-5-3-12(18)15-14(16)19)29-11(10)8-28-33(22,23)31-34(24,25)30-32(20,21)26-2/h3,5-6,11,13H,7-8H2,1-2H3,(H,20,21)(H,22,23)(H,24,25)(H,15,18,19). The molecule has 2 heterocycles. The molecule has 1 saturated heterocycles. The van der Waals surface area contributed by atoms with Gasteiger partial charge in [0.2, 0.25) is 0 Å². The summed E-state index contributed by atoms with van der Waals surface area (Å²) in [6, 6.07) is 1.04. The number of carbonyl (C=O) groups excluding carboxylic acids is 1. The Hall–Kier alpha value is -1.96. The van der Waals surface area contributed by atoms with Crippen LogP contribution in [0.5, 0.6) is 0 Å². The molecule has 1 aromatic heterocycles. The molecule has 17 nitrogen and oxygen atoms in total. The number of ether oxygens (including phenoxy) is 2. The lowest BCUT2D eigenvalue weighted by molar-refractivity contribution is -0.135. The van der Waals surface area contributed by atoms with E-state index >= 15 is 0 Å². The normalized spacial score (nSPS) is 23.3. The second-order valence-electron chi connectivity index (χ2n) is 6.25. The number of esters is 1. The first-order chi connectivity index (χ1) is 15.6. The van der Waals surface area contributed by atoms with Crippen molar-refractivity contribution in [2.45, 2.75) is 25.7 Å². The lowest BCUT2D eigenvalue weighted by atomic mass is 10.1. The SMILES string of the molecule is COP(=O)(O)OP(=O)(O)OP(=O)(O)OCC1OC(n2ccc(=O)[nH]c2=O)CC1=C=COC(C)=O. The fourth-order valence-corrected chi connectivity index (χ4v) is 5.68. The van der Waals surface area contributed by atoms with E-state index in [1.54, 1.807) is 0 Å². The first kappa shape index (κ1) is 28.3. The molecule has 5 unspecified atom stereocenters. The van der Waals surface area contributed by atoms with Crippen LogP contribution >= 0.6 is 23.5 Å². The molecule has 0 amide bonds. The zero-order valence-corrected chi connectivity index (χ0v) is 20.0. The van der Waals surface area contributed by atoms with Gasteiger partial charge in [-0.1, -0.05) is 5.73 Å². The monoisotopic (exact) mass is 548 g/mol. The lowest BCUT2D eigenvalue weighted by Crippen LogP contribution is -2.31. The Balaban J connectivity index is 2.20. The van der Waals surface area contributed by atoms with Gasteiger partial charge >= 0.3 is 35.1 Å². The second-order valence-corrected chi connectivity index (χ2v) is 11.0. The molecule has 1 aliphatic rings. The van der Waals surface area contributed by atoms with Gasteiger partial charge in [0.1, 0.15) is 18.6 Å². The molecule has 34 heavy (non-hydrogen) atoms. The summed E-state index contributed by atoms with van der Waals surface area (Å²) >= 11 is 0. The van der Waals surface area contributed by atoms with E-state index in [2.05, 4.69) is 28.1 Å². The minimum absolute atomic E-state index is 0.0858. The fraction of sp³-hybridized carbons (Fsp3) is 0.429. The molecule has 0 bridgehead atoms. The third kappa shape index (κ3) is 8.67. The van der Waals surface area contributed by atoms with Crippen LogP contribution < -0.4 is 11.2 Å². The summed E-state index contributed by atoms with van der Waals surface area (Å²) < 4.78 is 62.3. The van der Waals surface area contributed by atoms with E-state index in [9.17, 15) is 37.9 Å². The highest BCUT2D eigenvalue weighted by molar-refractivity contribution is 7.66. The molecular formula is C14H19N2O15P3. The summed E-state index contributed by atoms with van der Waals surface area (Å²) in [4.78, 5) is 64.4. The average Bonchev–Trinajstić information content (AvgIpc) is 3.07. The highest BCUT2D eigenvalue weighted by Gasteiger charge is 2.42. The van der Waals surface area contributed by atoms with E-state index < -0.39 is 59.6 Å². The van der Waals surface area contributed by atoms with Crippen molar-refractivity contribution in [3.63, 3.8) is 0 Å². The summed E-state index contributed by atoms with van der Waals surface area (Å²) in [6.45, 7) is 0.278. The van der Waals surface area contributed by atoms with Crippen LogP contribution in [0.3, 0.4) is 0 Å². The Morgan fingerprint density at radius 3 is 2.47 bits per heavy atom. The van der Waals surface area contributed by atoms with E-state index in [0.717, 1.165) is 30.0 Å². The molecule has 5 atom stereocenters. The molecule has 190 valence electrons. The third-order valence-corrected chi connectivity index (χ3v) is 8.01. The molecule has 0 radical (unpaired) electrons. The lowest BCUT2D eigenvalue weighted by Gasteiger charge is -2.19. The highest BCUT2D eigenvalue weighted by Crippen LogP contribution is 2.67. The number of phosphoric ester groups is 2. The van der Waals surface area contributed by atoms with E-state index in [-0.39, 0.29) is 12.0 Å². The molecule has 2 rings (SSSR count). The van der Waals surface area contributed by atoms with Gasteiger partial charge in [-0.3, -0.25) is 28.2 Å². The maximum Gasteiger partial charge on any atom is 0.490 e. The molecule has 20 heteroatoms. The number of phosphoric acid groups is 3. The van der Waals surface area contributed by atoms with E-state index in [1.165, 1.54) is 0 Å². The predicted molar refractivity (Wildman–Crippen MR) is 108 cm³/mol. The van der Waals surface area contributed by atoms with Crippen LogP contribution in [0.25, 0.3) is 0 Å². The molecule has 0 aliphatic carbocycles. The van der Waals surface area contributed by atoms with Crippen LogP contribution in [0.4, 0.5) is 0 Å². The zero-order valence-electron chi connectivity index (χ0n) is 17.3. The summed E-state index contributed by atoms with van der Waals surface area (Å²) in [7, 11) is -15.4. The number of carbonyl (C=O) groups is 1. The van der Waals surface area contributed by atoms with Crippen molar-refractivity contribution in [2.75, 3.05) is 13.7 Å². The number of nitrogens with zero attached hydrogens (tertiary/aromatic N) is 1. The highest BCUT2D eigenvalue weighted by atomic mass is 31.3. The molecular weight excluding hydrogens is 529 g/mol. The second kappa shape index (κ2) is 11.2. The van der Waals surface area contributed by atoms with Gasteiger partial charge in [-0.05, 0) is 0 Å². The van der Waals surface area contributed by atoms with Crippen LogP contribution in [-0.4, -0.2) is 50.0 Å². The van der Waals surface area contributed by atoms with Crippen molar-refractivity contribution in [3.8, 4) is 0 Å². The number of aromatic amines is 1. The average molecular weight is 548 g/mol. The first-order valence-corrected chi connectivity index (χ1v) is 13.3. The van der Waals surface area contributed by atoms with E-state index in [1.807, 2.05) is 4.98 Å². The van der Waals surface area contributed by atoms with Crippen LogP contribution in [-0.2, 0) is 45.6 Å². The summed E-state index contributed by atoms with van der Waals surface area (Å²) in [5.41, 5.74) is 1.21. The third-order valence-electron chi connectivity index (χ3n) is 3.77. The minimum Gasteiger partial charge on any atom is -0.426 e. The van der Waals surface area contributed by atoms with Gasteiger partial charge in [0.05, 0.1) is 6.61 Å². The number of nitrogens with one attached hydrogen (secondary N) is 1. The van der Waals surface area contributed by atoms with E-state index in [0.29, 0.717) is 7.11 Å². The molecule has 4 N–H and O–H groups in total. The fourth-order valence-electron chi connectivity index (χ4n) is 2.43. The van der Waals surface area contributed by atoms with Crippen LogP contribution in [0, 0.1) is 0 Å². The maximum atomic E-state index is 12.0. The quantitative estimate of drug-likeness (QED) is 0.134. The number of hydrogen-bond donors (Lipinski definition) is 4. The van der Waals surface area contributed by atoms with Gasteiger partial charge in [0.25, 0.3) is 5.56 Å². The van der Waals surface area contributed by atoms with Gasteiger partial charge in [-0.25, -0.2) is 18.5 Å². The number of aromatic nitrogens is 2. The van der Waals surface area contributed by atoms with Crippen molar-refractivity contribution in [1.29, 1.82) is 0 Å². The van der Waals surface area contributed by atoms with Gasteiger partial charge < -0.3 is 24.2 Å². The first-order valence-electron chi connectivity index (χ1n) is 8.82. The van der Waals surface area contributed by atoms with Gasteiger partial charge in [0.15, 0.2) is 0 Å². The number of rotatable bonds is 10. The topological polar surface area (TPSA) is 239 Å². The van der Waals surface area contributed by atoms with Gasteiger partial charge in [-0.2, -0.15) is 8.62 Å². The van der Waals surface area contributed by atoms with Crippen molar-refractivity contribution < 1.29 is 60.3 Å². The Labute approximate surface area is 190 Å². The molecule has 1 aromatic rings. The molecule has 0 saturated carbocycles. The Morgan fingerprint density at radius 1 is 1.24 bits per heavy atom. The number of hydrogen-bond acceptors (Lipinski definition) is 12.